The van der Waals surface area contributed by atoms with E-state index in [2.05, 4.69) is 44.5 Å². The summed E-state index contributed by atoms with van der Waals surface area (Å²) in [6.45, 7) is 10.8. The van der Waals surface area contributed by atoms with Gasteiger partial charge in [0.1, 0.15) is 17.4 Å². The van der Waals surface area contributed by atoms with Crippen LogP contribution in [0, 0.1) is 6.92 Å². The molecule has 3 heterocycles. The third-order valence-electron chi connectivity index (χ3n) is 6.91. The zero-order chi connectivity index (χ0) is 25.8. The molecule has 0 bridgehead atoms. The van der Waals surface area contributed by atoms with Crippen LogP contribution >= 0.6 is 0 Å². The van der Waals surface area contributed by atoms with Crippen LogP contribution in [0.3, 0.4) is 0 Å². The lowest BCUT2D eigenvalue weighted by atomic mass is 10.1. The first-order chi connectivity index (χ1) is 18.0. The van der Waals surface area contributed by atoms with E-state index < -0.39 is 0 Å². The van der Waals surface area contributed by atoms with Crippen LogP contribution < -0.4 is 20.9 Å². The van der Waals surface area contributed by atoms with Gasteiger partial charge in [-0.2, -0.15) is 0 Å². The van der Waals surface area contributed by atoms with Crippen molar-refractivity contribution < 1.29 is 4.74 Å². The number of piperazine rings is 1. The maximum atomic E-state index is 12.7. The number of nitrogens with zero attached hydrogens (tertiary/aromatic N) is 3. The fourth-order valence-electron chi connectivity index (χ4n) is 4.78. The first kappa shape index (κ1) is 24.8. The van der Waals surface area contributed by atoms with Crippen molar-refractivity contribution in [2.75, 3.05) is 50.5 Å². The number of benzene rings is 2. The minimum atomic E-state index is -0.185. The molecule has 1 saturated heterocycles. The van der Waals surface area contributed by atoms with E-state index in [9.17, 15) is 4.79 Å². The van der Waals surface area contributed by atoms with Crippen molar-refractivity contribution in [3.05, 3.63) is 82.3 Å². The number of H-pyrrole nitrogens is 1. The van der Waals surface area contributed by atoms with E-state index in [-0.39, 0.29) is 5.56 Å². The van der Waals surface area contributed by atoms with Gasteiger partial charge in [0.05, 0.1) is 18.2 Å². The minimum Gasteiger partial charge on any atom is -0.495 e. The number of rotatable bonds is 8. The summed E-state index contributed by atoms with van der Waals surface area (Å²) < 4.78 is 5.51. The summed E-state index contributed by atoms with van der Waals surface area (Å²) in [4.78, 5) is 25.3. The molecule has 0 aliphatic carbocycles. The summed E-state index contributed by atoms with van der Waals surface area (Å²) in [6, 6.07) is 18.1. The Morgan fingerprint density at radius 1 is 0.973 bits per heavy atom. The van der Waals surface area contributed by atoms with Gasteiger partial charge >= 0.3 is 0 Å². The molecule has 192 valence electrons. The molecular weight excluding hydrogens is 464 g/mol. The molecule has 1 aliphatic rings. The molecule has 37 heavy (non-hydrogen) atoms. The van der Waals surface area contributed by atoms with Gasteiger partial charge in [-0.1, -0.05) is 25.1 Å². The number of methoxy groups -OCH3 is 1. The number of fused-ring (bicyclic) bond motifs is 1. The molecule has 2 aromatic heterocycles. The third-order valence-corrected chi connectivity index (χ3v) is 6.91. The summed E-state index contributed by atoms with van der Waals surface area (Å²) in [7, 11) is 1.64. The van der Waals surface area contributed by atoms with Crippen molar-refractivity contribution in [1.29, 1.82) is 0 Å². The van der Waals surface area contributed by atoms with Gasteiger partial charge in [0.2, 0.25) is 0 Å². The maximum absolute atomic E-state index is 12.7. The monoisotopic (exact) mass is 498 g/mol. The molecule has 3 N–H and O–H groups in total. The first-order valence-corrected chi connectivity index (χ1v) is 12.8. The molecule has 0 radical (unpaired) electrons. The van der Waals surface area contributed by atoms with Crippen LogP contribution in [-0.2, 0) is 6.54 Å². The van der Waals surface area contributed by atoms with Crippen molar-refractivity contribution in [3.8, 4) is 5.75 Å². The predicted molar refractivity (Wildman–Crippen MR) is 150 cm³/mol. The van der Waals surface area contributed by atoms with Crippen LogP contribution in [0.4, 0.5) is 23.0 Å². The van der Waals surface area contributed by atoms with E-state index in [0.29, 0.717) is 17.0 Å². The highest BCUT2D eigenvalue weighted by atomic mass is 16.5. The summed E-state index contributed by atoms with van der Waals surface area (Å²) in [5.41, 5.74) is 3.88. The number of anilines is 4. The molecule has 1 aliphatic heterocycles. The van der Waals surface area contributed by atoms with E-state index in [1.807, 2.05) is 49.4 Å². The Labute approximate surface area is 217 Å². The van der Waals surface area contributed by atoms with Crippen molar-refractivity contribution >= 4 is 33.8 Å². The van der Waals surface area contributed by atoms with Gasteiger partial charge in [0.15, 0.2) is 0 Å². The van der Waals surface area contributed by atoms with Crippen molar-refractivity contribution in [3.63, 3.8) is 0 Å². The zero-order valence-corrected chi connectivity index (χ0v) is 21.7. The molecule has 2 aromatic carbocycles. The number of aryl methyl sites for hydroxylation is 1. The second kappa shape index (κ2) is 11.0. The Morgan fingerprint density at radius 2 is 1.73 bits per heavy atom. The molecule has 4 aromatic rings. The smallest absolute Gasteiger partial charge is 0.259 e. The number of nitrogens with one attached hydrogen (secondary N) is 3. The maximum Gasteiger partial charge on any atom is 0.259 e. The van der Waals surface area contributed by atoms with E-state index in [1.54, 1.807) is 13.3 Å². The van der Waals surface area contributed by atoms with Crippen LogP contribution in [-0.4, -0.2) is 59.6 Å². The van der Waals surface area contributed by atoms with E-state index in [1.165, 1.54) is 5.56 Å². The first-order valence-electron chi connectivity index (χ1n) is 12.8. The topological polar surface area (TPSA) is 85.5 Å². The molecule has 5 rings (SSSR count). The molecule has 1 fully saturated rings. The highest BCUT2D eigenvalue weighted by molar-refractivity contribution is 5.94. The normalized spacial score (nSPS) is 14.6. The van der Waals surface area contributed by atoms with Gasteiger partial charge in [0.25, 0.3) is 5.56 Å². The fraction of sp³-hybridized carbons (Fsp3) is 0.310. The second-order valence-corrected chi connectivity index (χ2v) is 9.49. The lowest BCUT2D eigenvalue weighted by Crippen LogP contribution is -2.45. The third kappa shape index (κ3) is 5.76. The van der Waals surface area contributed by atoms with Crippen LogP contribution in [0.2, 0.25) is 0 Å². The van der Waals surface area contributed by atoms with Gasteiger partial charge in [0, 0.05) is 44.6 Å². The lowest BCUT2D eigenvalue weighted by Gasteiger charge is -2.34. The average Bonchev–Trinajstić information content (AvgIpc) is 2.90. The van der Waals surface area contributed by atoms with E-state index >= 15 is 0 Å². The van der Waals surface area contributed by atoms with Crippen LogP contribution in [0.15, 0.2) is 65.6 Å². The fourth-order valence-corrected chi connectivity index (χ4v) is 4.78. The van der Waals surface area contributed by atoms with Gasteiger partial charge in [-0.05, 0) is 66.4 Å². The van der Waals surface area contributed by atoms with Crippen LogP contribution in [0.25, 0.3) is 10.8 Å². The Kier molecular flexibility index (Phi) is 7.39. The molecule has 0 atom stereocenters. The highest BCUT2D eigenvalue weighted by Crippen LogP contribution is 2.31. The molecule has 0 saturated carbocycles. The summed E-state index contributed by atoms with van der Waals surface area (Å²) in [6.07, 6.45) is 1.65. The van der Waals surface area contributed by atoms with Gasteiger partial charge in [-0.25, -0.2) is 4.98 Å². The molecule has 0 spiro atoms. The Hall–Kier alpha value is -3.88. The van der Waals surface area contributed by atoms with Gasteiger partial charge in [-0.15, -0.1) is 0 Å². The minimum absolute atomic E-state index is 0.185. The SMILES string of the molecule is CCN1CCN(Cc2ccc(Nc3nc(Nc4cc(C)ccc4OC)cc4cc[nH]c(=O)c34)cc2)CC1. The second-order valence-electron chi connectivity index (χ2n) is 9.49. The number of aromatic amines is 1. The van der Waals surface area contributed by atoms with E-state index in [0.717, 1.165) is 67.3 Å². The van der Waals surface area contributed by atoms with Gasteiger partial charge in [-0.3, -0.25) is 9.69 Å². The van der Waals surface area contributed by atoms with Crippen LogP contribution in [0.5, 0.6) is 5.75 Å². The molecule has 0 amide bonds. The molecule has 0 unspecified atom stereocenters. The quantitative estimate of drug-likeness (QED) is 0.320. The number of hydrogen-bond acceptors (Lipinski definition) is 7. The number of ether oxygens (including phenoxy) is 1. The highest BCUT2D eigenvalue weighted by Gasteiger charge is 2.16. The Morgan fingerprint density at radius 3 is 2.46 bits per heavy atom. The predicted octanol–water partition coefficient (Wildman–Crippen LogP) is 4.86. The largest absolute Gasteiger partial charge is 0.495 e. The van der Waals surface area contributed by atoms with Crippen molar-refractivity contribution in [2.24, 2.45) is 0 Å². The van der Waals surface area contributed by atoms with Crippen molar-refractivity contribution in [2.45, 2.75) is 20.4 Å². The molecule has 8 nitrogen and oxygen atoms in total. The van der Waals surface area contributed by atoms with Crippen molar-refractivity contribution in [1.82, 2.24) is 19.8 Å². The standard InChI is InChI=1S/C29H34N6O2/c1-4-34-13-15-35(16-14-34)19-21-6-8-23(9-7-21)31-28-27-22(11-12-30-29(27)36)18-26(33-28)32-24-17-20(2)5-10-25(24)37-3/h5-12,17-18H,4,13-16,19H2,1-3H3,(H,30,36)(H2,31,32,33). The van der Waals surface area contributed by atoms with E-state index in [4.69, 9.17) is 9.72 Å². The number of likely N-dealkylation sites (N-methyl/N-ethyl adjacent to an activating group) is 1. The average molecular weight is 499 g/mol. The lowest BCUT2D eigenvalue weighted by molar-refractivity contribution is 0.132. The molecule has 8 heteroatoms. The number of hydrogen-bond donors (Lipinski definition) is 3. The zero-order valence-electron chi connectivity index (χ0n) is 21.7. The summed E-state index contributed by atoms with van der Waals surface area (Å²) in [5.74, 6) is 1.84. The van der Waals surface area contributed by atoms with Gasteiger partial charge < -0.3 is 25.3 Å². The number of aromatic nitrogens is 2. The summed E-state index contributed by atoms with van der Waals surface area (Å²) in [5, 5.41) is 8.05. The molecular formula is C29H34N6O2. The number of pyridine rings is 2. The Balaban J connectivity index is 1.39. The summed E-state index contributed by atoms with van der Waals surface area (Å²) >= 11 is 0. The van der Waals surface area contributed by atoms with Crippen LogP contribution in [0.1, 0.15) is 18.1 Å². The Bertz CT molecular complexity index is 1430.